The van der Waals surface area contributed by atoms with E-state index in [9.17, 15) is 10.1 Å². The summed E-state index contributed by atoms with van der Waals surface area (Å²) in [7, 11) is 1.84. The molecular weight excluding hydrogens is 423 g/mol. The highest BCUT2D eigenvalue weighted by Crippen LogP contribution is 2.28. The van der Waals surface area contributed by atoms with Crippen LogP contribution < -0.4 is 5.32 Å². The van der Waals surface area contributed by atoms with E-state index in [1.165, 1.54) is 0 Å². The molecule has 0 radical (unpaired) electrons. The lowest BCUT2D eigenvalue weighted by molar-refractivity contribution is -0.117. The van der Waals surface area contributed by atoms with Crippen molar-refractivity contribution < 1.29 is 9.53 Å². The second-order valence-electron chi connectivity index (χ2n) is 7.75. The summed E-state index contributed by atoms with van der Waals surface area (Å²) >= 11 is 12.2. The summed E-state index contributed by atoms with van der Waals surface area (Å²) in [5.74, 6) is 0.358. The van der Waals surface area contributed by atoms with E-state index >= 15 is 0 Å². The summed E-state index contributed by atoms with van der Waals surface area (Å²) in [5.41, 5.74) is 3.25. The molecule has 1 saturated heterocycles. The zero-order valence-corrected chi connectivity index (χ0v) is 19.0. The van der Waals surface area contributed by atoms with Gasteiger partial charge in [-0.05, 0) is 57.0 Å². The van der Waals surface area contributed by atoms with Crippen molar-refractivity contribution in [2.45, 2.75) is 45.9 Å². The van der Waals surface area contributed by atoms with Gasteiger partial charge in [0.05, 0.1) is 24.8 Å². The maximum Gasteiger partial charge on any atom is 0.239 e. The Morgan fingerprint density at radius 3 is 2.80 bits per heavy atom. The van der Waals surface area contributed by atoms with Crippen LogP contribution >= 0.6 is 23.2 Å². The lowest BCUT2D eigenvalue weighted by Gasteiger charge is -2.19. The molecule has 0 bridgehead atoms. The molecule has 1 amide bonds. The number of likely N-dealkylation sites (N-methyl/N-ethyl adjacent to an activating group) is 1. The standard InChI is InChI=1S/C22H26Cl2N4O2/c1-14-15(2)28(12-18-5-4-8-30-18)22(19(14)10-25)26-21(29)13-27(3)11-16-6-7-17(23)9-20(16)24/h6-7,9,18H,4-5,8,11-13H2,1-3H3,(H,26,29). The van der Waals surface area contributed by atoms with Crippen molar-refractivity contribution in [3.63, 3.8) is 0 Å². The van der Waals surface area contributed by atoms with E-state index in [0.717, 1.165) is 36.3 Å². The minimum absolute atomic E-state index is 0.104. The molecule has 0 spiro atoms. The lowest BCUT2D eigenvalue weighted by atomic mass is 10.2. The number of ether oxygens (including phenoxy) is 1. The number of carbonyl (C=O) groups is 1. The maximum absolute atomic E-state index is 12.8. The van der Waals surface area contributed by atoms with Crippen LogP contribution in [0.2, 0.25) is 10.0 Å². The van der Waals surface area contributed by atoms with Crippen molar-refractivity contribution in [1.29, 1.82) is 5.26 Å². The number of amides is 1. The van der Waals surface area contributed by atoms with Gasteiger partial charge in [0.25, 0.3) is 0 Å². The van der Waals surface area contributed by atoms with Crippen molar-refractivity contribution in [3.8, 4) is 6.07 Å². The molecule has 2 heterocycles. The van der Waals surface area contributed by atoms with E-state index in [1.807, 2.05) is 36.4 Å². The molecule has 8 heteroatoms. The van der Waals surface area contributed by atoms with E-state index in [1.54, 1.807) is 12.1 Å². The molecule has 1 fully saturated rings. The summed E-state index contributed by atoms with van der Waals surface area (Å²) < 4.78 is 7.76. The highest BCUT2D eigenvalue weighted by molar-refractivity contribution is 6.35. The number of rotatable bonds is 7. The third kappa shape index (κ3) is 5.16. The normalized spacial score (nSPS) is 16.1. The number of anilines is 1. The van der Waals surface area contributed by atoms with Gasteiger partial charge < -0.3 is 14.6 Å². The monoisotopic (exact) mass is 448 g/mol. The van der Waals surface area contributed by atoms with E-state index in [-0.39, 0.29) is 18.6 Å². The molecule has 160 valence electrons. The molecular formula is C22H26Cl2N4O2. The third-order valence-electron chi connectivity index (χ3n) is 5.48. The van der Waals surface area contributed by atoms with Crippen LogP contribution in [-0.2, 0) is 22.6 Å². The number of aromatic nitrogens is 1. The van der Waals surface area contributed by atoms with Gasteiger partial charge >= 0.3 is 0 Å². The number of halogens is 2. The van der Waals surface area contributed by atoms with Crippen molar-refractivity contribution in [2.75, 3.05) is 25.5 Å². The molecule has 0 saturated carbocycles. The Labute approximate surface area is 187 Å². The highest BCUT2D eigenvalue weighted by atomic mass is 35.5. The van der Waals surface area contributed by atoms with Crippen LogP contribution in [0.3, 0.4) is 0 Å². The molecule has 1 aliphatic rings. The Morgan fingerprint density at radius 1 is 1.40 bits per heavy atom. The van der Waals surface area contributed by atoms with Crippen LogP contribution in [0.1, 0.15) is 35.2 Å². The number of nitrogens with zero attached hydrogens (tertiary/aromatic N) is 3. The van der Waals surface area contributed by atoms with Gasteiger partial charge in [0.15, 0.2) is 0 Å². The summed E-state index contributed by atoms with van der Waals surface area (Å²) in [6, 6.07) is 7.56. The van der Waals surface area contributed by atoms with Crippen molar-refractivity contribution in [1.82, 2.24) is 9.47 Å². The smallest absolute Gasteiger partial charge is 0.239 e. The Hall–Kier alpha value is -2.04. The molecule has 6 nitrogen and oxygen atoms in total. The molecule has 1 aromatic heterocycles. The SMILES string of the molecule is Cc1c(C#N)c(NC(=O)CN(C)Cc2ccc(Cl)cc2Cl)n(CC2CCCO2)c1C. The van der Waals surface area contributed by atoms with E-state index < -0.39 is 0 Å². The Bertz CT molecular complexity index is 974. The average Bonchev–Trinajstić information content (AvgIpc) is 3.27. The molecule has 1 N–H and O–H groups in total. The molecule has 30 heavy (non-hydrogen) atoms. The molecule has 0 aliphatic carbocycles. The Balaban J connectivity index is 1.72. The molecule has 2 aromatic rings. The fraction of sp³-hybridized carbons (Fsp3) is 0.455. The van der Waals surface area contributed by atoms with Gasteiger partial charge in [0.2, 0.25) is 5.91 Å². The van der Waals surface area contributed by atoms with Gasteiger partial charge in [-0.2, -0.15) is 5.26 Å². The largest absolute Gasteiger partial charge is 0.376 e. The fourth-order valence-electron chi connectivity index (χ4n) is 3.76. The number of nitriles is 1. The molecule has 1 unspecified atom stereocenters. The second kappa shape index (κ2) is 9.84. The first-order valence-corrected chi connectivity index (χ1v) is 10.7. The molecule has 1 aromatic carbocycles. The quantitative estimate of drug-likeness (QED) is 0.674. The van der Waals surface area contributed by atoms with Crippen molar-refractivity contribution in [3.05, 3.63) is 50.6 Å². The predicted molar refractivity (Wildman–Crippen MR) is 119 cm³/mol. The van der Waals surface area contributed by atoms with Gasteiger partial charge in [0.1, 0.15) is 11.9 Å². The van der Waals surface area contributed by atoms with E-state index in [4.69, 9.17) is 27.9 Å². The zero-order chi connectivity index (χ0) is 21.8. The van der Waals surface area contributed by atoms with Gasteiger partial charge in [-0.15, -0.1) is 0 Å². The fourth-order valence-corrected chi connectivity index (χ4v) is 4.23. The van der Waals surface area contributed by atoms with Crippen LogP contribution in [0.5, 0.6) is 0 Å². The summed E-state index contributed by atoms with van der Waals surface area (Å²) in [4.78, 5) is 14.6. The van der Waals surface area contributed by atoms with Crippen molar-refractivity contribution in [2.24, 2.45) is 0 Å². The number of hydrogen-bond donors (Lipinski definition) is 1. The maximum atomic E-state index is 12.8. The topological polar surface area (TPSA) is 70.3 Å². The van der Waals surface area contributed by atoms with Crippen LogP contribution in [0.25, 0.3) is 0 Å². The minimum Gasteiger partial charge on any atom is -0.376 e. The first-order valence-electron chi connectivity index (χ1n) is 9.93. The summed E-state index contributed by atoms with van der Waals surface area (Å²) in [6.45, 7) is 5.92. The predicted octanol–water partition coefficient (Wildman–Crippen LogP) is 4.53. The van der Waals surface area contributed by atoms with Crippen molar-refractivity contribution >= 4 is 34.9 Å². The lowest BCUT2D eigenvalue weighted by Crippen LogP contribution is -2.31. The minimum atomic E-state index is -0.190. The van der Waals surface area contributed by atoms with Gasteiger partial charge in [-0.1, -0.05) is 29.3 Å². The average molecular weight is 449 g/mol. The zero-order valence-electron chi connectivity index (χ0n) is 17.5. The number of carbonyl (C=O) groups excluding carboxylic acids is 1. The number of benzene rings is 1. The first kappa shape index (κ1) is 22.6. The Morgan fingerprint density at radius 2 is 2.17 bits per heavy atom. The van der Waals surface area contributed by atoms with E-state index in [0.29, 0.717) is 34.5 Å². The second-order valence-corrected chi connectivity index (χ2v) is 8.59. The first-order chi connectivity index (χ1) is 14.3. The number of nitrogens with one attached hydrogen (secondary N) is 1. The van der Waals surface area contributed by atoms with E-state index in [2.05, 4.69) is 11.4 Å². The third-order valence-corrected chi connectivity index (χ3v) is 6.06. The van der Waals surface area contributed by atoms with Gasteiger partial charge in [0, 0.05) is 28.9 Å². The van der Waals surface area contributed by atoms with Crippen LogP contribution in [0, 0.1) is 25.2 Å². The summed E-state index contributed by atoms with van der Waals surface area (Å²) in [6.07, 6.45) is 2.12. The highest BCUT2D eigenvalue weighted by Gasteiger charge is 2.24. The van der Waals surface area contributed by atoms with Gasteiger partial charge in [-0.25, -0.2) is 0 Å². The van der Waals surface area contributed by atoms with Gasteiger partial charge in [-0.3, -0.25) is 9.69 Å². The Kier molecular flexibility index (Phi) is 7.43. The molecule has 3 rings (SSSR count). The van der Waals surface area contributed by atoms with Crippen LogP contribution in [0.15, 0.2) is 18.2 Å². The van der Waals surface area contributed by atoms with Crippen LogP contribution in [0.4, 0.5) is 5.82 Å². The summed E-state index contributed by atoms with van der Waals surface area (Å²) in [5, 5.41) is 13.8. The van der Waals surface area contributed by atoms with Crippen LogP contribution in [-0.4, -0.2) is 41.7 Å². The number of hydrogen-bond acceptors (Lipinski definition) is 4. The molecule has 1 atom stereocenters. The molecule has 1 aliphatic heterocycles.